The zero-order chi connectivity index (χ0) is 8.39. The zero-order valence-electron chi connectivity index (χ0n) is 7.23. The van der Waals surface area contributed by atoms with Crippen LogP contribution in [0.4, 0.5) is 0 Å². The number of hydrogen-bond donors (Lipinski definition) is 0. The average Bonchev–Trinajstić information content (AvgIpc) is 2.17. The zero-order valence-corrected chi connectivity index (χ0v) is 10.4. The van der Waals surface area contributed by atoms with Crippen LogP contribution >= 0.6 is 35.7 Å². The largest absolute Gasteiger partial charge is 0.255 e. The Balaban J connectivity index is 0.000000845. The molecule has 0 radical (unpaired) electrons. The number of aromatic nitrogens is 1. The van der Waals surface area contributed by atoms with Gasteiger partial charge in [-0.05, 0) is 18.4 Å². The van der Waals surface area contributed by atoms with Crippen molar-refractivity contribution in [2.45, 2.75) is 4.90 Å². The highest BCUT2D eigenvalue weighted by molar-refractivity contribution is 14.0. The molecule has 1 nitrogen and oxygen atoms in total. The van der Waals surface area contributed by atoms with Crippen molar-refractivity contribution in [3.05, 3.63) is 36.5 Å². The second-order valence-corrected chi connectivity index (χ2v) is 3.38. The van der Waals surface area contributed by atoms with Crippen molar-refractivity contribution >= 4 is 46.6 Å². The summed E-state index contributed by atoms with van der Waals surface area (Å²) < 4.78 is 0. The van der Waals surface area contributed by atoms with E-state index in [0.717, 1.165) is 5.52 Å². The third-order valence-electron chi connectivity index (χ3n) is 1.82. The summed E-state index contributed by atoms with van der Waals surface area (Å²) in [5.74, 6) is 0. The standard InChI is InChI=1S/C10H9NS.HI/c1-12-9-6-2-4-8-5-3-7-11-10(8)9;/h2-7H,1H3;1H. The third kappa shape index (κ3) is 2.14. The summed E-state index contributed by atoms with van der Waals surface area (Å²) in [4.78, 5) is 5.57. The smallest absolute Gasteiger partial charge is 0.0837 e. The second kappa shape index (κ2) is 4.81. The molecule has 68 valence electrons. The molecule has 2 rings (SSSR count). The van der Waals surface area contributed by atoms with Crippen LogP contribution in [0.1, 0.15) is 0 Å². The maximum Gasteiger partial charge on any atom is 0.0837 e. The lowest BCUT2D eigenvalue weighted by molar-refractivity contribution is 1.35. The molecule has 2 aromatic rings. The Kier molecular flexibility index (Phi) is 3.99. The molecule has 1 aromatic heterocycles. The lowest BCUT2D eigenvalue weighted by Gasteiger charge is -2.00. The van der Waals surface area contributed by atoms with Gasteiger partial charge in [-0.2, -0.15) is 0 Å². The lowest BCUT2D eigenvalue weighted by Crippen LogP contribution is -1.79. The molecule has 0 amide bonds. The summed E-state index contributed by atoms with van der Waals surface area (Å²) in [5, 5.41) is 1.21. The quantitative estimate of drug-likeness (QED) is 0.590. The first kappa shape index (κ1) is 10.8. The number of benzene rings is 1. The van der Waals surface area contributed by atoms with Gasteiger partial charge in [0.15, 0.2) is 0 Å². The number of thioether (sulfide) groups is 1. The minimum atomic E-state index is 0. The van der Waals surface area contributed by atoms with Crippen LogP contribution in [0.15, 0.2) is 41.4 Å². The van der Waals surface area contributed by atoms with Gasteiger partial charge in [-0.25, -0.2) is 0 Å². The SMILES string of the molecule is CSc1cccc2cccnc12.I. The summed E-state index contributed by atoms with van der Waals surface area (Å²) in [6.45, 7) is 0. The van der Waals surface area contributed by atoms with Gasteiger partial charge in [0, 0.05) is 16.5 Å². The molecule has 0 unspecified atom stereocenters. The first-order valence-corrected chi connectivity index (χ1v) is 5.02. The first-order valence-electron chi connectivity index (χ1n) is 3.79. The molecule has 0 spiro atoms. The van der Waals surface area contributed by atoms with Crippen molar-refractivity contribution in [3.63, 3.8) is 0 Å². The van der Waals surface area contributed by atoms with Crippen molar-refractivity contribution < 1.29 is 0 Å². The van der Waals surface area contributed by atoms with E-state index >= 15 is 0 Å². The number of halogens is 1. The van der Waals surface area contributed by atoms with Crippen molar-refractivity contribution in [2.24, 2.45) is 0 Å². The van der Waals surface area contributed by atoms with Gasteiger partial charge in [-0.3, -0.25) is 4.98 Å². The Morgan fingerprint density at radius 1 is 1.15 bits per heavy atom. The van der Waals surface area contributed by atoms with Gasteiger partial charge in [0.2, 0.25) is 0 Å². The van der Waals surface area contributed by atoms with Crippen molar-refractivity contribution in [1.29, 1.82) is 0 Å². The molecule has 0 bridgehead atoms. The van der Waals surface area contributed by atoms with Crippen LogP contribution in [0.25, 0.3) is 10.9 Å². The summed E-state index contributed by atoms with van der Waals surface area (Å²) >= 11 is 1.74. The summed E-state index contributed by atoms with van der Waals surface area (Å²) in [6.07, 6.45) is 3.91. The molecular weight excluding hydrogens is 293 g/mol. The van der Waals surface area contributed by atoms with Crippen molar-refractivity contribution in [3.8, 4) is 0 Å². The van der Waals surface area contributed by atoms with Gasteiger partial charge < -0.3 is 0 Å². The summed E-state index contributed by atoms with van der Waals surface area (Å²) in [5.41, 5.74) is 1.10. The number of rotatable bonds is 1. The number of para-hydroxylation sites is 1. The predicted octanol–water partition coefficient (Wildman–Crippen LogP) is 3.57. The van der Waals surface area contributed by atoms with Gasteiger partial charge in [0.1, 0.15) is 0 Å². The molecule has 0 saturated carbocycles. The molecule has 0 atom stereocenters. The Morgan fingerprint density at radius 3 is 2.69 bits per heavy atom. The lowest BCUT2D eigenvalue weighted by atomic mass is 10.2. The van der Waals surface area contributed by atoms with E-state index in [0.29, 0.717) is 0 Å². The minimum Gasteiger partial charge on any atom is -0.255 e. The fourth-order valence-corrected chi connectivity index (χ4v) is 1.82. The van der Waals surface area contributed by atoms with E-state index < -0.39 is 0 Å². The Labute approximate surface area is 99.0 Å². The molecule has 13 heavy (non-hydrogen) atoms. The summed E-state index contributed by atoms with van der Waals surface area (Å²) in [6, 6.07) is 10.3. The van der Waals surface area contributed by atoms with Crippen LogP contribution in [0.3, 0.4) is 0 Å². The minimum absolute atomic E-state index is 0. The van der Waals surface area contributed by atoms with E-state index in [2.05, 4.69) is 35.5 Å². The van der Waals surface area contributed by atoms with E-state index in [1.165, 1.54) is 10.3 Å². The summed E-state index contributed by atoms with van der Waals surface area (Å²) in [7, 11) is 0. The van der Waals surface area contributed by atoms with Crippen LogP contribution in [-0.4, -0.2) is 11.2 Å². The average molecular weight is 303 g/mol. The molecular formula is C10H10INS. The van der Waals surface area contributed by atoms with Crippen LogP contribution in [0.5, 0.6) is 0 Å². The Bertz CT molecular complexity index is 398. The molecule has 0 fully saturated rings. The van der Waals surface area contributed by atoms with Gasteiger partial charge in [-0.15, -0.1) is 35.7 Å². The fraction of sp³-hybridized carbons (Fsp3) is 0.100. The molecule has 1 heterocycles. The maximum absolute atomic E-state index is 4.33. The monoisotopic (exact) mass is 303 g/mol. The van der Waals surface area contributed by atoms with Gasteiger partial charge in [0.25, 0.3) is 0 Å². The number of hydrogen-bond acceptors (Lipinski definition) is 2. The number of nitrogens with zero attached hydrogens (tertiary/aromatic N) is 1. The third-order valence-corrected chi connectivity index (χ3v) is 2.58. The topological polar surface area (TPSA) is 12.9 Å². The second-order valence-electron chi connectivity index (χ2n) is 2.54. The predicted molar refractivity (Wildman–Crippen MR) is 68.9 cm³/mol. The van der Waals surface area contributed by atoms with E-state index in [-0.39, 0.29) is 24.0 Å². The van der Waals surface area contributed by atoms with E-state index in [1.807, 2.05) is 12.3 Å². The fourth-order valence-electron chi connectivity index (χ4n) is 1.24. The molecule has 0 aliphatic heterocycles. The molecule has 0 N–H and O–H groups in total. The van der Waals surface area contributed by atoms with Crippen LogP contribution < -0.4 is 0 Å². The van der Waals surface area contributed by atoms with Crippen LogP contribution in [0.2, 0.25) is 0 Å². The van der Waals surface area contributed by atoms with Crippen molar-refractivity contribution in [1.82, 2.24) is 4.98 Å². The first-order chi connectivity index (χ1) is 5.92. The van der Waals surface area contributed by atoms with Gasteiger partial charge in [0.05, 0.1) is 5.52 Å². The van der Waals surface area contributed by atoms with Gasteiger partial charge in [-0.1, -0.05) is 18.2 Å². The molecule has 0 saturated heterocycles. The van der Waals surface area contributed by atoms with E-state index in [4.69, 9.17) is 0 Å². The van der Waals surface area contributed by atoms with Crippen LogP contribution in [-0.2, 0) is 0 Å². The highest BCUT2D eigenvalue weighted by Crippen LogP contribution is 2.23. The van der Waals surface area contributed by atoms with Crippen molar-refractivity contribution in [2.75, 3.05) is 6.26 Å². The highest BCUT2D eigenvalue weighted by atomic mass is 127. The Morgan fingerprint density at radius 2 is 1.92 bits per heavy atom. The molecule has 0 aliphatic rings. The van der Waals surface area contributed by atoms with E-state index in [9.17, 15) is 0 Å². The normalized spacial score (nSPS) is 9.62. The molecule has 3 heteroatoms. The van der Waals surface area contributed by atoms with Crippen LogP contribution in [0, 0.1) is 0 Å². The molecule has 1 aromatic carbocycles. The maximum atomic E-state index is 4.33. The van der Waals surface area contributed by atoms with E-state index in [1.54, 1.807) is 11.8 Å². The molecule has 0 aliphatic carbocycles. The highest BCUT2D eigenvalue weighted by Gasteiger charge is 1.97. The Hall–Kier alpha value is -0.290. The van der Waals surface area contributed by atoms with Gasteiger partial charge >= 0.3 is 0 Å². The number of pyridine rings is 1. The number of fused-ring (bicyclic) bond motifs is 1.